The van der Waals surface area contributed by atoms with Gasteiger partial charge in [-0.15, -0.1) is 11.3 Å². The lowest BCUT2D eigenvalue weighted by atomic mass is 9.97. The Balaban J connectivity index is 1.42. The molecule has 3 aromatic heterocycles. The molecule has 1 aliphatic carbocycles. The smallest absolute Gasteiger partial charge is 0.320 e. The minimum absolute atomic E-state index is 0.168. The van der Waals surface area contributed by atoms with Crippen molar-refractivity contribution >= 4 is 49.8 Å². The third-order valence-corrected chi connectivity index (χ3v) is 7.74. The first-order chi connectivity index (χ1) is 18.2. The molecule has 0 unspecified atom stereocenters. The van der Waals surface area contributed by atoms with Crippen molar-refractivity contribution in [3.8, 4) is 22.4 Å². The Morgan fingerprint density at radius 3 is 2.62 bits per heavy atom. The standard InChI is InChI=1S/C29H21N5O2S/c30-26-25-22(18-7-2-1-3-8-18)15-23(21-12-6-10-17-9-4-5-11-20(17)21)31-29(25)37-27(26)28(35)32-24-16-34(33-36-24)19-13-14-19/h1-12,15-16,19H,13-14H2,(H2-,30,32,33,35). The first-order valence-electron chi connectivity index (χ1n) is 12.1. The molecule has 0 spiro atoms. The summed E-state index contributed by atoms with van der Waals surface area (Å²) in [7, 11) is 0. The Morgan fingerprint density at radius 2 is 1.78 bits per heavy atom. The molecule has 0 saturated heterocycles. The summed E-state index contributed by atoms with van der Waals surface area (Å²) in [5.74, 6) is -0.299. The van der Waals surface area contributed by atoms with Crippen LogP contribution in [0.2, 0.25) is 0 Å². The van der Waals surface area contributed by atoms with E-state index in [0.29, 0.717) is 21.4 Å². The van der Waals surface area contributed by atoms with Crippen LogP contribution in [0, 0.1) is 0 Å². The molecule has 1 aliphatic rings. The number of rotatable bonds is 5. The van der Waals surface area contributed by atoms with Gasteiger partial charge in [0.2, 0.25) is 5.27 Å². The van der Waals surface area contributed by atoms with Crippen molar-refractivity contribution in [3.05, 3.63) is 89.9 Å². The maximum atomic E-state index is 13.2. The maximum absolute atomic E-state index is 13.2. The van der Waals surface area contributed by atoms with E-state index in [9.17, 15) is 5.11 Å². The van der Waals surface area contributed by atoms with Crippen molar-refractivity contribution in [2.45, 2.75) is 18.9 Å². The summed E-state index contributed by atoms with van der Waals surface area (Å²) in [5, 5.41) is 20.2. The molecule has 7 nitrogen and oxygen atoms in total. The minimum atomic E-state index is -0.467. The minimum Gasteiger partial charge on any atom is -0.857 e. The molecule has 1 saturated carbocycles. The van der Waals surface area contributed by atoms with Gasteiger partial charge in [0.05, 0.1) is 16.3 Å². The highest BCUT2D eigenvalue weighted by Crippen LogP contribution is 2.42. The van der Waals surface area contributed by atoms with Gasteiger partial charge in [0.15, 0.2) is 6.04 Å². The van der Waals surface area contributed by atoms with Crippen LogP contribution < -0.4 is 15.5 Å². The van der Waals surface area contributed by atoms with Crippen LogP contribution >= 0.6 is 11.3 Å². The Kier molecular flexibility index (Phi) is 5.00. The van der Waals surface area contributed by atoms with Gasteiger partial charge in [-0.1, -0.05) is 72.8 Å². The normalized spacial score (nSPS) is 14.0. The Hall–Kier alpha value is -4.56. The van der Waals surface area contributed by atoms with E-state index in [-0.39, 0.29) is 5.88 Å². The summed E-state index contributed by atoms with van der Waals surface area (Å²) in [6.45, 7) is 0. The fourth-order valence-electron chi connectivity index (χ4n) is 4.67. The quantitative estimate of drug-likeness (QED) is 0.192. The van der Waals surface area contributed by atoms with E-state index in [1.165, 1.54) is 11.3 Å². The Labute approximate surface area is 216 Å². The zero-order valence-electron chi connectivity index (χ0n) is 19.7. The largest absolute Gasteiger partial charge is 0.857 e. The second-order valence-corrected chi connectivity index (χ2v) is 10.1. The summed E-state index contributed by atoms with van der Waals surface area (Å²) in [5.41, 5.74) is 10.7. The number of pyridine rings is 1. The molecule has 7 rings (SSSR count). The number of fused-ring (bicyclic) bond motifs is 2. The van der Waals surface area contributed by atoms with E-state index in [4.69, 9.17) is 15.2 Å². The monoisotopic (exact) mass is 503 g/mol. The van der Waals surface area contributed by atoms with Gasteiger partial charge in [0.25, 0.3) is 6.20 Å². The Morgan fingerprint density at radius 1 is 1.00 bits per heavy atom. The summed E-state index contributed by atoms with van der Waals surface area (Å²) in [4.78, 5) is 10.2. The predicted molar refractivity (Wildman–Crippen MR) is 144 cm³/mol. The number of hydrogen-bond acceptors (Lipinski definition) is 7. The molecule has 8 heteroatoms. The van der Waals surface area contributed by atoms with Gasteiger partial charge in [-0.05, 0) is 32.6 Å². The number of anilines is 1. The number of nitrogen functional groups attached to an aromatic ring is 1. The number of thiophene rings is 1. The van der Waals surface area contributed by atoms with Crippen molar-refractivity contribution < 1.29 is 14.3 Å². The van der Waals surface area contributed by atoms with Crippen LogP contribution in [0.1, 0.15) is 23.8 Å². The highest BCUT2D eigenvalue weighted by molar-refractivity contribution is 7.21. The molecule has 6 aromatic rings. The summed E-state index contributed by atoms with van der Waals surface area (Å²) < 4.78 is 6.97. The van der Waals surface area contributed by atoms with Crippen LogP contribution in [-0.4, -0.2) is 16.2 Å². The van der Waals surface area contributed by atoms with Crippen LogP contribution in [0.3, 0.4) is 0 Å². The zero-order chi connectivity index (χ0) is 24.9. The van der Waals surface area contributed by atoms with E-state index in [1.807, 2.05) is 48.5 Å². The molecule has 3 aromatic carbocycles. The van der Waals surface area contributed by atoms with Gasteiger partial charge >= 0.3 is 5.88 Å². The molecule has 0 radical (unpaired) electrons. The van der Waals surface area contributed by atoms with Crippen molar-refractivity contribution in [2.24, 2.45) is 4.99 Å². The molecule has 37 heavy (non-hydrogen) atoms. The average Bonchev–Trinajstić information content (AvgIpc) is 3.59. The number of benzene rings is 3. The van der Waals surface area contributed by atoms with E-state index in [2.05, 4.69) is 40.6 Å². The molecule has 0 atom stereocenters. The van der Waals surface area contributed by atoms with Gasteiger partial charge in [-0.3, -0.25) is 4.52 Å². The molecular formula is C29H21N5O2S. The molecule has 1 fully saturated rings. The van der Waals surface area contributed by atoms with E-state index < -0.39 is 5.90 Å². The van der Waals surface area contributed by atoms with E-state index in [1.54, 1.807) is 10.9 Å². The van der Waals surface area contributed by atoms with Crippen LogP contribution in [0.5, 0.6) is 0 Å². The highest BCUT2D eigenvalue weighted by Gasteiger charge is 2.35. The molecule has 180 valence electrons. The highest BCUT2D eigenvalue weighted by atomic mass is 32.1. The summed E-state index contributed by atoms with van der Waals surface area (Å²) in [6.07, 6.45) is 3.77. The molecular weight excluding hydrogens is 482 g/mol. The van der Waals surface area contributed by atoms with Crippen molar-refractivity contribution in [2.75, 3.05) is 5.73 Å². The Bertz CT molecular complexity index is 1810. The average molecular weight is 504 g/mol. The molecule has 2 N–H and O–H groups in total. The lowest BCUT2D eigenvalue weighted by molar-refractivity contribution is -0.765. The fourth-order valence-corrected chi connectivity index (χ4v) is 5.68. The molecule has 0 amide bonds. The SMILES string of the molecule is Nc1c(/C([O-])=N/c2c[n+](C3CC3)no2)sc2nc(-c3cccc4ccccc34)cc(-c3ccccc3)c12. The second kappa shape index (κ2) is 8.53. The number of aliphatic imine (C=N–C) groups is 1. The van der Waals surface area contributed by atoms with Gasteiger partial charge in [-0.25, -0.2) is 9.98 Å². The van der Waals surface area contributed by atoms with Crippen molar-refractivity contribution in [1.82, 2.24) is 10.3 Å². The zero-order valence-corrected chi connectivity index (χ0v) is 20.5. The van der Waals surface area contributed by atoms with Crippen LogP contribution in [0.4, 0.5) is 11.6 Å². The molecule has 0 aliphatic heterocycles. The predicted octanol–water partition coefficient (Wildman–Crippen LogP) is 5.41. The van der Waals surface area contributed by atoms with Crippen molar-refractivity contribution in [3.63, 3.8) is 0 Å². The van der Waals surface area contributed by atoms with Gasteiger partial charge < -0.3 is 10.8 Å². The van der Waals surface area contributed by atoms with Crippen LogP contribution in [0.25, 0.3) is 43.4 Å². The van der Waals surface area contributed by atoms with Crippen LogP contribution in [0.15, 0.2) is 94.6 Å². The molecule has 3 heterocycles. The third kappa shape index (κ3) is 3.82. The summed E-state index contributed by atoms with van der Waals surface area (Å²) in [6, 6.07) is 26.9. The third-order valence-electron chi connectivity index (χ3n) is 6.65. The van der Waals surface area contributed by atoms with E-state index in [0.717, 1.165) is 51.4 Å². The van der Waals surface area contributed by atoms with Gasteiger partial charge in [-0.2, -0.15) is 0 Å². The lowest BCUT2D eigenvalue weighted by Crippen LogP contribution is -2.32. The van der Waals surface area contributed by atoms with Gasteiger partial charge in [0, 0.05) is 29.7 Å². The number of nitrogens with zero attached hydrogens (tertiary/aromatic N) is 4. The number of aromatic nitrogens is 3. The van der Waals surface area contributed by atoms with Crippen LogP contribution in [-0.2, 0) is 0 Å². The number of hydrogen-bond donors (Lipinski definition) is 1. The lowest BCUT2D eigenvalue weighted by Gasteiger charge is -2.11. The first kappa shape index (κ1) is 21.7. The second-order valence-electron chi connectivity index (χ2n) is 9.14. The fraction of sp³-hybridized carbons (Fsp3) is 0.103. The molecule has 0 bridgehead atoms. The topological polar surface area (TPSA) is 104 Å². The summed E-state index contributed by atoms with van der Waals surface area (Å²) >= 11 is 1.25. The number of nitrogens with two attached hydrogens (primary N) is 1. The van der Waals surface area contributed by atoms with E-state index >= 15 is 0 Å². The van der Waals surface area contributed by atoms with Gasteiger partial charge in [0.1, 0.15) is 4.83 Å². The maximum Gasteiger partial charge on any atom is 0.320 e. The first-order valence-corrected chi connectivity index (χ1v) is 12.9. The van der Waals surface area contributed by atoms with Crippen molar-refractivity contribution in [1.29, 1.82) is 0 Å².